The van der Waals surface area contributed by atoms with E-state index in [2.05, 4.69) is 22.0 Å². The van der Waals surface area contributed by atoms with E-state index in [-0.39, 0.29) is 5.78 Å². The minimum atomic E-state index is -0.777. The van der Waals surface area contributed by atoms with E-state index in [1.54, 1.807) is 12.1 Å². The summed E-state index contributed by atoms with van der Waals surface area (Å²) in [6, 6.07) is 16.8. The van der Waals surface area contributed by atoms with Crippen molar-refractivity contribution in [1.82, 2.24) is 0 Å². The topological polar surface area (TPSA) is 40.9 Å². The molecule has 0 aliphatic heterocycles. The lowest BCUT2D eigenvalue weighted by Crippen LogP contribution is -2.12. The molecular formula is C16H12BrNOS. The van der Waals surface area contributed by atoms with Gasteiger partial charge in [0.15, 0.2) is 5.78 Å². The SMILES string of the molecule is CSc1ccccc1C(=O)C(C#N)c1cccc(Br)c1. The zero-order valence-corrected chi connectivity index (χ0v) is 13.2. The molecule has 2 aromatic rings. The molecule has 2 nitrogen and oxygen atoms in total. The summed E-state index contributed by atoms with van der Waals surface area (Å²) in [6.07, 6.45) is 1.92. The molecule has 0 aromatic heterocycles. The Morgan fingerprint density at radius 1 is 1.25 bits per heavy atom. The highest BCUT2D eigenvalue weighted by molar-refractivity contribution is 9.10. The molecule has 0 saturated carbocycles. The predicted octanol–water partition coefficient (Wildman–Crippen LogP) is 4.66. The number of nitriles is 1. The Labute approximate surface area is 130 Å². The van der Waals surface area contributed by atoms with Crippen molar-refractivity contribution in [2.45, 2.75) is 10.8 Å². The summed E-state index contributed by atoms with van der Waals surface area (Å²) < 4.78 is 0.862. The number of hydrogen-bond donors (Lipinski definition) is 0. The third-order valence-electron chi connectivity index (χ3n) is 2.95. The van der Waals surface area contributed by atoms with Crippen LogP contribution in [0.4, 0.5) is 0 Å². The third kappa shape index (κ3) is 3.12. The Bertz CT molecular complexity index is 678. The molecule has 0 aliphatic rings. The highest BCUT2D eigenvalue weighted by atomic mass is 79.9. The molecule has 4 heteroatoms. The van der Waals surface area contributed by atoms with Crippen LogP contribution in [0.1, 0.15) is 21.8 Å². The molecule has 0 aliphatic carbocycles. The Morgan fingerprint density at radius 3 is 2.65 bits per heavy atom. The normalized spacial score (nSPS) is 11.7. The molecule has 0 amide bonds. The number of ketones is 1. The lowest BCUT2D eigenvalue weighted by molar-refractivity contribution is 0.0976. The largest absolute Gasteiger partial charge is 0.292 e. The summed E-state index contributed by atoms with van der Waals surface area (Å²) in [6.45, 7) is 0. The first kappa shape index (κ1) is 14.8. The number of Topliss-reactive ketones (excluding diaryl/α,β-unsaturated/α-hetero) is 1. The molecule has 2 aromatic carbocycles. The highest BCUT2D eigenvalue weighted by Gasteiger charge is 2.23. The van der Waals surface area contributed by atoms with Crippen molar-refractivity contribution in [3.05, 3.63) is 64.1 Å². The second-order valence-electron chi connectivity index (χ2n) is 4.18. The molecule has 0 bridgehead atoms. The van der Waals surface area contributed by atoms with Crippen LogP contribution in [0.2, 0.25) is 0 Å². The van der Waals surface area contributed by atoms with Crippen LogP contribution in [0.15, 0.2) is 57.9 Å². The first-order chi connectivity index (χ1) is 9.67. The minimum Gasteiger partial charge on any atom is -0.292 e. The lowest BCUT2D eigenvalue weighted by Gasteiger charge is -2.11. The van der Waals surface area contributed by atoms with Gasteiger partial charge in [0, 0.05) is 14.9 Å². The van der Waals surface area contributed by atoms with Crippen LogP contribution >= 0.6 is 27.7 Å². The van der Waals surface area contributed by atoms with Gasteiger partial charge in [-0.05, 0) is 30.0 Å². The third-order valence-corrected chi connectivity index (χ3v) is 4.23. The van der Waals surface area contributed by atoms with Gasteiger partial charge in [0.05, 0.1) is 6.07 Å². The minimum absolute atomic E-state index is 0.157. The van der Waals surface area contributed by atoms with E-state index in [1.165, 1.54) is 11.8 Å². The molecule has 0 heterocycles. The van der Waals surface area contributed by atoms with E-state index in [0.29, 0.717) is 11.1 Å². The molecule has 20 heavy (non-hydrogen) atoms. The smallest absolute Gasteiger partial charge is 0.185 e. The van der Waals surface area contributed by atoms with Crippen LogP contribution in [0, 0.1) is 11.3 Å². The number of halogens is 1. The summed E-state index contributed by atoms with van der Waals surface area (Å²) in [4.78, 5) is 13.5. The van der Waals surface area contributed by atoms with Gasteiger partial charge < -0.3 is 0 Å². The molecule has 0 N–H and O–H groups in total. The quantitative estimate of drug-likeness (QED) is 0.597. The number of hydrogen-bond acceptors (Lipinski definition) is 3. The van der Waals surface area contributed by atoms with E-state index in [4.69, 9.17) is 0 Å². The maximum Gasteiger partial charge on any atom is 0.185 e. The summed E-state index contributed by atoms with van der Waals surface area (Å²) >= 11 is 4.88. The summed E-state index contributed by atoms with van der Waals surface area (Å²) in [5.74, 6) is -0.934. The molecule has 0 spiro atoms. The average Bonchev–Trinajstić information content (AvgIpc) is 2.48. The summed E-state index contributed by atoms with van der Waals surface area (Å²) in [7, 11) is 0. The molecule has 0 saturated heterocycles. The Kier molecular flexibility index (Phi) is 4.99. The van der Waals surface area contributed by atoms with Gasteiger partial charge in [0.25, 0.3) is 0 Å². The number of benzene rings is 2. The van der Waals surface area contributed by atoms with Gasteiger partial charge in [-0.15, -0.1) is 11.8 Å². The van der Waals surface area contributed by atoms with Gasteiger partial charge in [-0.2, -0.15) is 5.26 Å². The Balaban J connectivity index is 2.42. The first-order valence-electron chi connectivity index (χ1n) is 5.99. The standard InChI is InChI=1S/C16H12BrNOS/c1-20-15-8-3-2-7-13(15)16(19)14(10-18)11-5-4-6-12(17)9-11/h2-9,14H,1H3. The van der Waals surface area contributed by atoms with E-state index < -0.39 is 5.92 Å². The Morgan fingerprint density at radius 2 is 2.00 bits per heavy atom. The predicted molar refractivity (Wildman–Crippen MR) is 85.0 cm³/mol. The van der Waals surface area contributed by atoms with Gasteiger partial charge in [-0.3, -0.25) is 4.79 Å². The fourth-order valence-electron chi connectivity index (χ4n) is 1.97. The van der Waals surface area contributed by atoms with Crippen LogP contribution in [-0.2, 0) is 0 Å². The molecule has 0 radical (unpaired) electrons. The van der Waals surface area contributed by atoms with Gasteiger partial charge in [0.1, 0.15) is 5.92 Å². The lowest BCUT2D eigenvalue weighted by atomic mass is 9.92. The fraction of sp³-hybridized carbons (Fsp3) is 0.125. The van der Waals surface area contributed by atoms with Crippen LogP contribution in [0.3, 0.4) is 0 Å². The van der Waals surface area contributed by atoms with Crippen molar-refractivity contribution in [3.63, 3.8) is 0 Å². The Hall–Kier alpha value is -1.57. The van der Waals surface area contributed by atoms with Gasteiger partial charge >= 0.3 is 0 Å². The van der Waals surface area contributed by atoms with Crippen molar-refractivity contribution < 1.29 is 4.79 Å². The maximum atomic E-state index is 12.6. The molecule has 100 valence electrons. The van der Waals surface area contributed by atoms with Crippen LogP contribution in [0.25, 0.3) is 0 Å². The fourth-order valence-corrected chi connectivity index (χ4v) is 2.99. The molecule has 1 atom stereocenters. The second-order valence-corrected chi connectivity index (χ2v) is 5.95. The van der Waals surface area contributed by atoms with E-state index >= 15 is 0 Å². The van der Waals surface area contributed by atoms with Crippen LogP contribution in [-0.4, -0.2) is 12.0 Å². The van der Waals surface area contributed by atoms with E-state index in [9.17, 15) is 10.1 Å². The first-order valence-corrected chi connectivity index (χ1v) is 8.01. The zero-order valence-electron chi connectivity index (χ0n) is 10.8. The number of rotatable bonds is 4. The number of carbonyl (C=O) groups is 1. The summed E-state index contributed by atoms with van der Waals surface area (Å²) in [5.41, 5.74) is 1.31. The second kappa shape index (κ2) is 6.74. The van der Waals surface area contributed by atoms with Gasteiger partial charge in [0.2, 0.25) is 0 Å². The average molecular weight is 346 g/mol. The van der Waals surface area contributed by atoms with E-state index in [0.717, 1.165) is 9.37 Å². The van der Waals surface area contributed by atoms with Crippen molar-refractivity contribution in [2.24, 2.45) is 0 Å². The highest BCUT2D eigenvalue weighted by Crippen LogP contribution is 2.28. The van der Waals surface area contributed by atoms with Gasteiger partial charge in [-0.25, -0.2) is 0 Å². The molecular weight excluding hydrogens is 334 g/mol. The monoisotopic (exact) mass is 345 g/mol. The summed E-state index contributed by atoms with van der Waals surface area (Å²) in [5, 5.41) is 9.37. The molecule has 2 rings (SSSR count). The van der Waals surface area contributed by atoms with Crippen molar-refractivity contribution in [1.29, 1.82) is 5.26 Å². The van der Waals surface area contributed by atoms with Crippen molar-refractivity contribution in [3.8, 4) is 6.07 Å². The molecule has 0 fully saturated rings. The van der Waals surface area contributed by atoms with Crippen LogP contribution in [0.5, 0.6) is 0 Å². The van der Waals surface area contributed by atoms with E-state index in [1.807, 2.05) is 42.7 Å². The van der Waals surface area contributed by atoms with Crippen LogP contribution < -0.4 is 0 Å². The van der Waals surface area contributed by atoms with Crippen molar-refractivity contribution in [2.75, 3.05) is 6.26 Å². The maximum absolute atomic E-state index is 12.6. The van der Waals surface area contributed by atoms with Crippen molar-refractivity contribution >= 4 is 33.5 Å². The number of carbonyl (C=O) groups excluding carboxylic acids is 1. The number of nitrogens with zero attached hydrogens (tertiary/aromatic N) is 1. The zero-order chi connectivity index (χ0) is 14.5. The molecule has 1 unspecified atom stereocenters. The number of thioether (sulfide) groups is 1. The van der Waals surface area contributed by atoms with Gasteiger partial charge in [-0.1, -0.05) is 46.3 Å².